The number of fused-ring (bicyclic) bond motifs is 1. The Hall–Kier alpha value is -3.26. The van der Waals surface area contributed by atoms with Gasteiger partial charge in [0.25, 0.3) is 5.91 Å². The lowest BCUT2D eigenvalue weighted by Crippen LogP contribution is -2.19. The van der Waals surface area contributed by atoms with Crippen molar-refractivity contribution >= 4 is 11.6 Å². The Labute approximate surface area is 159 Å². The van der Waals surface area contributed by atoms with Gasteiger partial charge in [0.05, 0.1) is 5.69 Å². The number of nitriles is 1. The van der Waals surface area contributed by atoms with Crippen LogP contribution in [-0.4, -0.2) is 11.0 Å². The van der Waals surface area contributed by atoms with E-state index in [4.69, 9.17) is 0 Å². The number of phenolic OH excluding ortho intramolecular Hbond substituents is 1. The number of aromatic hydroxyl groups is 1. The Morgan fingerprint density at radius 2 is 1.93 bits per heavy atom. The van der Waals surface area contributed by atoms with E-state index in [0.29, 0.717) is 0 Å². The minimum absolute atomic E-state index is 0.0292. The van der Waals surface area contributed by atoms with Crippen LogP contribution in [-0.2, 0) is 17.6 Å². The van der Waals surface area contributed by atoms with Gasteiger partial charge in [-0.2, -0.15) is 5.26 Å². The first-order valence-electron chi connectivity index (χ1n) is 9.16. The third-order valence-electron chi connectivity index (χ3n) is 4.87. The smallest absolute Gasteiger partial charge is 0.267 e. The third-order valence-corrected chi connectivity index (χ3v) is 4.87. The molecule has 1 aliphatic rings. The maximum Gasteiger partial charge on any atom is 0.267 e. The van der Waals surface area contributed by atoms with E-state index in [-0.39, 0.29) is 23.1 Å². The molecule has 27 heavy (non-hydrogen) atoms. The maximum absolute atomic E-state index is 12.3. The van der Waals surface area contributed by atoms with Crippen molar-refractivity contribution in [2.75, 3.05) is 5.32 Å². The highest BCUT2D eigenvalue weighted by Crippen LogP contribution is 2.25. The van der Waals surface area contributed by atoms with Gasteiger partial charge in [-0.15, -0.1) is 0 Å². The van der Waals surface area contributed by atoms with Gasteiger partial charge in [0.15, 0.2) is 0 Å². The first kappa shape index (κ1) is 18.5. The fraction of sp³-hybridized carbons (Fsp3) is 0.273. The van der Waals surface area contributed by atoms with E-state index in [1.165, 1.54) is 36.2 Å². The fourth-order valence-electron chi connectivity index (χ4n) is 3.24. The number of amides is 1. The Morgan fingerprint density at radius 1 is 1.19 bits per heavy atom. The highest BCUT2D eigenvalue weighted by Gasteiger charge is 2.14. The number of hydrogen-bond donors (Lipinski definition) is 3. The summed E-state index contributed by atoms with van der Waals surface area (Å²) < 4.78 is 0. The van der Waals surface area contributed by atoms with Gasteiger partial charge in [-0.25, -0.2) is 0 Å². The second kappa shape index (κ2) is 8.41. The molecular formula is C22H23N3O2. The lowest BCUT2D eigenvalue weighted by molar-refractivity contribution is -0.112. The van der Waals surface area contributed by atoms with E-state index in [2.05, 4.69) is 28.8 Å². The van der Waals surface area contributed by atoms with Crippen LogP contribution in [0.2, 0.25) is 0 Å². The van der Waals surface area contributed by atoms with Crippen molar-refractivity contribution < 1.29 is 9.90 Å². The molecule has 0 bridgehead atoms. The number of rotatable bonds is 5. The van der Waals surface area contributed by atoms with Gasteiger partial charge in [0, 0.05) is 12.2 Å². The average molecular weight is 361 g/mol. The molecule has 1 aliphatic carbocycles. The first-order chi connectivity index (χ1) is 13.1. The Kier molecular flexibility index (Phi) is 5.77. The molecule has 5 heteroatoms. The molecule has 2 aromatic carbocycles. The number of carbonyl (C=O) groups excluding carboxylic acids is 1. The standard InChI is InChI=1S/C22H23N3O2/c1-15(17-11-10-16-6-2-3-7-18(16)12-17)24-14-19(13-23)22(27)25-20-8-4-5-9-21(20)26/h4-5,8-12,14-15,24,26H,2-3,6-7H2,1H3,(H,25,27)/b19-14-. The van der Waals surface area contributed by atoms with Gasteiger partial charge in [0.2, 0.25) is 0 Å². The summed E-state index contributed by atoms with van der Waals surface area (Å²) in [5.74, 6) is -0.609. The average Bonchev–Trinajstić information content (AvgIpc) is 2.69. The van der Waals surface area contributed by atoms with Crippen LogP contribution < -0.4 is 10.6 Å². The molecule has 0 saturated heterocycles. The molecule has 3 N–H and O–H groups in total. The molecule has 0 fully saturated rings. The van der Waals surface area contributed by atoms with Crippen LogP contribution in [0.25, 0.3) is 0 Å². The molecule has 0 heterocycles. The number of nitrogens with one attached hydrogen (secondary N) is 2. The number of phenols is 1. The van der Waals surface area contributed by atoms with Crippen LogP contribution in [0.15, 0.2) is 54.2 Å². The van der Waals surface area contributed by atoms with Crippen LogP contribution in [0.4, 0.5) is 5.69 Å². The van der Waals surface area contributed by atoms with Gasteiger partial charge in [0.1, 0.15) is 17.4 Å². The topological polar surface area (TPSA) is 85.2 Å². The highest BCUT2D eigenvalue weighted by atomic mass is 16.3. The summed E-state index contributed by atoms with van der Waals surface area (Å²) in [5, 5.41) is 24.7. The molecular weight excluding hydrogens is 338 g/mol. The molecule has 0 radical (unpaired) electrons. The quantitative estimate of drug-likeness (QED) is 0.427. The molecule has 0 aromatic heterocycles. The lowest BCUT2D eigenvalue weighted by atomic mass is 9.89. The van der Waals surface area contributed by atoms with Crippen molar-refractivity contribution in [3.63, 3.8) is 0 Å². The van der Waals surface area contributed by atoms with E-state index >= 15 is 0 Å². The number of carbonyl (C=O) groups is 1. The second-order valence-corrected chi connectivity index (χ2v) is 6.76. The molecule has 1 amide bonds. The summed E-state index contributed by atoms with van der Waals surface area (Å²) >= 11 is 0. The van der Waals surface area contributed by atoms with Crippen molar-refractivity contribution in [3.05, 3.63) is 70.9 Å². The van der Waals surface area contributed by atoms with E-state index in [1.807, 2.05) is 13.0 Å². The largest absolute Gasteiger partial charge is 0.506 e. The van der Waals surface area contributed by atoms with Crippen molar-refractivity contribution in [2.24, 2.45) is 0 Å². The number of benzene rings is 2. The van der Waals surface area contributed by atoms with Crippen LogP contribution in [0, 0.1) is 11.3 Å². The van der Waals surface area contributed by atoms with E-state index < -0.39 is 5.91 Å². The zero-order valence-corrected chi connectivity index (χ0v) is 15.3. The Bertz CT molecular complexity index is 912. The third kappa shape index (κ3) is 4.48. The van der Waals surface area contributed by atoms with Gasteiger partial charge in [-0.1, -0.05) is 30.3 Å². The fourth-order valence-corrected chi connectivity index (χ4v) is 3.24. The molecule has 1 unspecified atom stereocenters. The summed E-state index contributed by atoms with van der Waals surface area (Å²) in [6.45, 7) is 2.00. The predicted octanol–water partition coefficient (Wildman–Crippen LogP) is 3.97. The Morgan fingerprint density at radius 3 is 2.67 bits per heavy atom. The van der Waals surface area contributed by atoms with E-state index in [0.717, 1.165) is 18.4 Å². The molecule has 5 nitrogen and oxygen atoms in total. The number of hydrogen-bond acceptors (Lipinski definition) is 4. The summed E-state index contributed by atoms with van der Waals surface area (Å²) in [5.41, 5.74) is 4.17. The summed E-state index contributed by atoms with van der Waals surface area (Å²) in [6, 6.07) is 14.8. The van der Waals surface area contributed by atoms with E-state index in [9.17, 15) is 15.2 Å². The molecule has 0 aliphatic heterocycles. The summed E-state index contributed by atoms with van der Waals surface area (Å²) in [6.07, 6.45) is 6.16. The van der Waals surface area contributed by atoms with Crippen molar-refractivity contribution in [1.29, 1.82) is 5.26 Å². The second-order valence-electron chi connectivity index (χ2n) is 6.76. The number of para-hydroxylation sites is 2. The minimum Gasteiger partial charge on any atom is -0.506 e. The molecule has 2 aromatic rings. The molecule has 3 rings (SSSR count). The number of aryl methyl sites for hydroxylation is 2. The summed E-state index contributed by atoms with van der Waals surface area (Å²) in [4.78, 5) is 12.3. The van der Waals surface area contributed by atoms with Crippen LogP contribution in [0.1, 0.15) is 42.5 Å². The van der Waals surface area contributed by atoms with Gasteiger partial charge >= 0.3 is 0 Å². The van der Waals surface area contributed by atoms with Gasteiger partial charge in [-0.3, -0.25) is 4.79 Å². The van der Waals surface area contributed by atoms with Crippen LogP contribution in [0.5, 0.6) is 5.75 Å². The van der Waals surface area contributed by atoms with Crippen molar-refractivity contribution in [3.8, 4) is 11.8 Å². The van der Waals surface area contributed by atoms with Gasteiger partial charge in [-0.05, 0) is 61.4 Å². The lowest BCUT2D eigenvalue weighted by Gasteiger charge is -2.19. The number of anilines is 1. The van der Waals surface area contributed by atoms with Crippen molar-refractivity contribution in [1.82, 2.24) is 5.32 Å². The predicted molar refractivity (Wildman–Crippen MR) is 105 cm³/mol. The van der Waals surface area contributed by atoms with Crippen molar-refractivity contribution in [2.45, 2.75) is 38.6 Å². The molecule has 0 spiro atoms. The zero-order chi connectivity index (χ0) is 19.2. The normalized spacial score (nSPS) is 14.6. The number of nitrogens with zero attached hydrogens (tertiary/aromatic N) is 1. The maximum atomic E-state index is 12.3. The Balaban J connectivity index is 1.68. The monoisotopic (exact) mass is 361 g/mol. The van der Waals surface area contributed by atoms with E-state index in [1.54, 1.807) is 18.2 Å². The molecule has 0 saturated carbocycles. The SMILES string of the molecule is CC(N/C=C(/C#N)C(=O)Nc1ccccc1O)c1ccc2c(c1)CCCC2. The zero-order valence-electron chi connectivity index (χ0n) is 15.3. The van der Waals surface area contributed by atoms with Crippen LogP contribution in [0.3, 0.4) is 0 Å². The molecule has 138 valence electrons. The summed E-state index contributed by atoms with van der Waals surface area (Å²) in [7, 11) is 0. The molecule has 1 atom stereocenters. The first-order valence-corrected chi connectivity index (χ1v) is 9.16. The van der Waals surface area contributed by atoms with Crippen LogP contribution >= 0.6 is 0 Å². The highest BCUT2D eigenvalue weighted by molar-refractivity contribution is 6.07. The van der Waals surface area contributed by atoms with Gasteiger partial charge < -0.3 is 15.7 Å². The minimum atomic E-state index is -0.566.